The van der Waals surface area contributed by atoms with E-state index in [4.69, 9.17) is 5.73 Å². The highest BCUT2D eigenvalue weighted by atomic mass is 35.5. The highest BCUT2D eigenvalue weighted by Crippen LogP contribution is 2.11. The van der Waals surface area contributed by atoms with Crippen molar-refractivity contribution in [3.05, 3.63) is 30.1 Å². The van der Waals surface area contributed by atoms with Crippen molar-refractivity contribution < 1.29 is 0 Å². The van der Waals surface area contributed by atoms with Crippen LogP contribution in [0.2, 0.25) is 0 Å². The van der Waals surface area contributed by atoms with Gasteiger partial charge >= 0.3 is 0 Å². The second kappa shape index (κ2) is 4.25. The number of rotatable bonds is 2. The number of aromatic nitrogens is 2. The van der Waals surface area contributed by atoms with Gasteiger partial charge in [-0.3, -0.25) is 0 Å². The van der Waals surface area contributed by atoms with Crippen LogP contribution in [0.25, 0.3) is 11.0 Å². The second-order valence-electron chi connectivity index (χ2n) is 2.79. The van der Waals surface area contributed by atoms with E-state index in [0.717, 1.165) is 17.5 Å². The van der Waals surface area contributed by atoms with E-state index in [1.807, 2.05) is 6.07 Å². The molecule has 1 aromatic heterocycles. The summed E-state index contributed by atoms with van der Waals surface area (Å²) in [5, 5.41) is 0. The molecule has 1 aromatic carbocycles. The van der Waals surface area contributed by atoms with Crippen LogP contribution in [0.1, 0.15) is 5.56 Å². The zero-order chi connectivity index (χ0) is 8.39. The summed E-state index contributed by atoms with van der Waals surface area (Å²) in [5.41, 5.74) is 8.81. The fourth-order valence-corrected chi connectivity index (χ4v) is 1.30. The first-order valence-corrected chi connectivity index (χ1v) is 4.02. The van der Waals surface area contributed by atoms with Gasteiger partial charge in [0.2, 0.25) is 0 Å². The molecule has 0 aliphatic carbocycles. The quantitative estimate of drug-likeness (QED) is 0.767. The molecule has 2 aromatic rings. The Bertz CT molecular complexity index is 383. The third kappa shape index (κ3) is 1.99. The maximum Gasteiger partial charge on any atom is 0.0931 e. The first-order valence-electron chi connectivity index (χ1n) is 4.02. The van der Waals surface area contributed by atoms with E-state index in [1.165, 1.54) is 5.56 Å². The molecule has 0 fully saturated rings. The van der Waals surface area contributed by atoms with Gasteiger partial charge in [0.25, 0.3) is 0 Å². The minimum absolute atomic E-state index is 0. The number of halogens is 1. The van der Waals surface area contributed by atoms with Gasteiger partial charge in [0.1, 0.15) is 0 Å². The van der Waals surface area contributed by atoms with Gasteiger partial charge in [-0.05, 0) is 30.7 Å². The number of nitrogens with one attached hydrogen (secondary N) is 1. The Balaban J connectivity index is 0.000000845. The van der Waals surface area contributed by atoms with E-state index in [9.17, 15) is 0 Å². The van der Waals surface area contributed by atoms with Gasteiger partial charge in [0, 0.05) is 0 Å². The summed E-state index contributed by atoms with van der Waals surface area (Å²) < 4.78 is 0. The molecule has 0 saturated carbocycles. The largest absolute Gasteiger partial charge is 0.345 e. The van der Waals surface area contributed by atoms with E-state index >= 15 is 0 Å². The van der Waals surface area contributed by atoms with Crippen molar-refractivity contribution in [2.75, 3.05) is 6.54 Å². The molecule has 3 nitrogen and oxygen atoms in total. The lowest BCUT2D eigenvalue weighted by Crippen LogP contribution is -2.02. The molecular weight excluding hydrogens is 186 g/mol. The molecule has 70 valence electrons. The number of nitrogens with two attached hydrogens (primary N) is 1. The number of fused-ring (bicyclic) bond motifs is 1. The van der Waals surface area contributed by atoms with Gasteiger partial charge < -0.3 is 10.7 Å². The predicted molar refractivity (Wildman–Crippen MR) is 56.1 cm³/mol. The summed E-state index contributed by atoms with van der Waals surface area (Å²) in [5.74, 6) is 0. The Morgan fingerprint density at radius 2 is 2.23 bits per heavy atom. The molecule has 0 radical (unpaired) electrons. The number of H-pyrrole nitrogens is 1. The molecule has 0 aliphatic heterocycles. The van der Waals surface area contributed by atoms with E-state index in [1.54, 1.807) is 6.33 Å². The van der Waals surface area contributed by atoms with Crippen LogP contribution < -0.4 is 5.73 Å². The first kappa shape index (κ1) is 10.0. The third-order valence-corrected chi connectivity index (χ3v) is 1.92. The minimum Gasteiger partial charge on any atom is -0.345 e. The van der Waals surface area contributed by atoms with Crippen molar-refractivity contribution in [3.63, 3.8) is 0 Å². The summed E-state index contributed by atoms with van der Waals surface area (Å²) in [4.78, 5) is 7.20. The van der Waals surface area contributed by atoms with Gasteiger partial charge in [-0.1, -0.05) is 6.07 Å². The van der Waals surface area contributed by atoms with E-state index in [2.05, 4.69) is 22.1 Å². The van der Waals surface area contributed by atoms with Crippen molar-refractivity contribution in [1.82, 2.24) is 9.97 Å². The van der Waals surface area contributed by atoms with Crippen LogP contribution in [0.4, 0.5) is 0 Å². The molecule has 13 heavy (non-hydrogen) atoms. The molecule has 1 heterocycles. The van der Waals surface area contributed by atoms with Crippen LogP contribution in [0.3, 0.4) is 0 Å². The van der Waals surface area contributed by atoms with Crippen LogP contribution in [-0.4, -0.2) is 16.5 Å². The molecule has 0 bridgehead atoms. The lowest BCUT2D eigenvalue weighted by molar-refractivity contribution is 0.970. The summed E-state index contributed by atoms with van der Waals surface area (Å²) in [6.07, 6.45) is 2.63. The maximum atomic E-state index is 5.45. The molecule has 4 heteroatoms. The second-order valence-corrected chi connectivity index (χ2v) is 2.79. The van der Waals surface area contributed by atoms with Gasteiger partial charge in [0.15, 0.2) is 0 Å². The molecule has 0 spiro atoms. The highest BCUT2D eigenvalue weighted by molar-refractivity contribution is 5.85. The number of hydrogen-bond donors (Lipinski definition) is 2. The summed E-state index contributed by atoms with van der Waals surface area (Å²) >= 11 is 0. The average Bonchev–Trinajstić information content (AvgIpc) is 2.51. The van der Waals surface area contributed by atoms with Crippen molar-refractivity contribution in [2.45, 2.75) is 6.42 Å². The predicted octanol–water partition coefficient (Wildman–Crippen LogP) is 1.49. The van der Waals surface area contributed by atoms with Gasteiger partial charge in [0.05, 0.1) is 17.4 Å². The normalized spacial score (nSPS) is 9.92. The van der Waals surface area contributed by atoms with Crippen molar-refractivity contribution >= 4 is 23.4 Å². The van der Waals surface area contributed by atoms with Crippen molar-refractivity contribution in [1.29, 1.82) is 0 Å². The molecule has 2 rings (SSSR count). The summed E-state index contributed by atoms with van der Waals surface area (Å²) in [6, 6.07) is 6.17. The fourth-order valence-electron chi connectivity index (χ4n) is 1.30. The van der Waals surface area contributed by atoms with Crippen LogP contribution in [0.5, 0.6) is 0 Å². The highest BCUT2D eigenvalue weighted by Gasteiger charge is 1.96. The molecule has 0 aliphatic rings. The Labute approximate surface area is 82.8 Å². The standard InChI is InChI=1S/C9H11N3.ClH/c10-4-3-7-1-2-8-9(5-7)12-6-11-8;/h1-2,5-6H,3-4,10H2,(H,11,12);1H. The molecule has 0 atom stereocenters. The number of benzene rings is 1. The average molecular weight is 198 g/mol. The Kier molecular flexibility index (Phi) is 3.28. The Morgan fingerprint density at radius 1 is 1.38 bits per heavy atom. The van der Waals surface area contributed by atoms with Crippen LogP contribution in [-0.2, 0) is 6.42 Å². The monoisotopic (exact) mass is 197 g/mol. The Morgan fingerprint density at radius 3 is 3.00 bits per heavy atom. The van der Waals surface area contributed by atoms with Crippen LogP contribution in [0.15, 0.2) is 24.5 Å². The lowest BCUT2D eigenvalue weighted by atomic mass is 10.1. The number of aromatic amines is 1. The molecule has 0 amide bonds. The van der Waals surface area contributed by atoms with Crippen LogP contribution in [0, 0.1) is 0 Å². The van der Waals surface area contributed by atoms with Gasteiger partial charge in [-0.15, -0.1) is 12.4 Å². The SMILES string of the molecule is Cl.NCCc1ccc2nc[nH]c2c1. The van der Waals surface area contributed by atoms with Crippen molar-refractivity contribution in [3.8, 4) is 0 Å². The van der Waals surface area contributed by atoms with Gasteiger partial charge in [-0.25, -0.2) is 4.98 Å². The zero-order valence-corrected chi connectivity index (χ0v) is 7.97. The summed E-state index contributed by atoms with van der Waals surface area (Å²) in [6.45, 7) is 0.694. The summed E-state index contributed by atoms with van der Waals surface area (Å²) in [7, 11) is 0. The number of imidazole rings is 1. The first-order chi connectivity index (χ1) is 5.90. The lowest BCUT2D eigenvalue weighted by Gasteiger charge is -1.96. The van der Waals surface area contributed by atoms with Crippen LogP contribution >= 0.6 is 12.4 Å². The van der Waals surface area contributed by atoms with Crippen molar-refractivity contribution in [2.24, 2.45) is 5.73 Å². The maximum absolute atomic E-state index is 5.45. The molecular formula is C9H12ClN3. The topological polar surface area (TPSA) is 54.7 Å². The van der Waals surface area contributed by atoms with E-state index in [-0.39, 0.29) is 12.4 Å². The Hall–Kier alpha value is -1.06. The molecule has 0 unspecified atom stereocenters. The zero-order valence-electron chi connectivity index (χ0n) is 7.16. The third-order valence-electron chi connectivity index (χ3n) is 1.92. The minimum atomic E-state index is 0. The number of nitrogens with zero attached hydrogens (tertiary/aromatic N) is 1. The van der Waals surface area contributed by atoms with Gasteiger partial charge in [-0.2, -0.15) is 0 Å². The fraction of sp³-hybridized carbons (Fsp3) is 0.222. The number of hydrogen-bond acceptors (Lipinski definition) is 2. The van der Waals surface area contributed by atoms with E-state index in [0.29, 0.717) is 6.54 Å². The smallest absolute Gasteiger partial charge is 0.0931 e. The molecule has 0 saturated heterocycles. The van der Waals surface area contributed by atoms with E-state index < -0.39 is 0 Å². The molecule has 3 N–H and O–H groups in total.